The highest BCUT2D eigenvalue weighted by atomic mass is 19.1. The summed E-state index contributed by atoms with van der Waals surface area (Å²) in [4.78, 5) is 10.1. The van der Waals surface area contributed by atoms with Crippen molar-refractivity contribution >= 4 is 5.69 Å². The molecule has 0 bridgehead atoms. The van der Waals surface area contributed by atoms with Crippen molar-refractivity contribution in [2.75, 3.05) is 13.7 Å². The fraction of sp³-hybridized carbons (Fsp3) is 0.294. The first-order chi connectivity index (χ1) is 12.0. The number of nitro groups is 1. The van der Waals surface area contributed by atoms with Gasteiger partial charge in [0, 0.05) is 18.7 Å². The van der Waals surface area contributed by atoms with Gasteiger partial charge >= 0.3 is 0 Å². The van der Waals surface area contributed by atoms with Crippen LogP contribution in [0.15, 0.2) is 42.5 Å². The molecule has 0 fully saturated rings. The molecule has 0 unspecified atom stereocenters. The molecule has 8 heteroatoms. The second-order valence-electron chi connectivity index (χ2n) is 5.43. The third-order valence-corrected chi connectivity index (χ3v) is 3.81. The third-order valence-electron chi connectivity index (χ3n) is 3.81. The van der Waals surface area contributed by atoms with Gasteiger partial charge in [-0.1, -0.05) is 6.07 Å². The molecule has 7 nitrogen and oxygen atoms in total. The SMILES string of the molecule is COc1ccc(CN[C@@H](CO)[C@H](O)c2ccc([N+](=O)[O-])cc2)cc1F. The van der Waals surface area contributed by atoms with E-state index < -0.39 is 22.9 Å². The highest BCUT2D eigenvalue weighted by Crippen LogP contribution is 2.21. The molecule has 0 spiro atoms. The molecule has 0 aliphatic rings. The lowest BCUT2D eigenvalue weighted by Gasteiger charge is -2.22. The quantitative estimate of drug-likeness (QED) is 0.496. The van der Waals surface area contributed by atoms with Gasteiger partial charge in [0.2, 0.25) is 0 Å². The van der Waals surface area contributed by atoms with Crippen LogP contribution in [-0.2, 0) is 6.54 Å². The van der Waals surface area contributed by atoms with Crippen molar-refractivity contribution in [2.24, 2.45) is 0 Å². The topological polar surface area (TPSA) is 105 Å². The van der Waals surface area contributed by atoms with Crippen molar-refractivity contribution in [1.82, 2.24) is 5.32 Å². The molecule has 0 aromatic heterocycles. The molecule has 0 aliphatic heterocycles. The van der Waals surface area contributed by atoms with Crippen LogP contribution in [0.3, 0.4) is 0 Å². The number of aliphatic hydroxyl groups is 2. The fourth-order valence-corrected chi connectivity index (χ4v) is 2.37. The summed E-state index contributed by atoms with van der Waals surface area (Å²) >= 11 is 0. The van der Waals surface area contributed by atoms with E-state index >= 15 is 0 Å². The number of nitro benzene ring substituents is 1. The number of benzene rings is 2. The molecular weight excluding hydrogens is 331 g/mol. The van der Waals surface area contributed by atoms with Gasteiger partial charge in [0.05, 0.1) is 30.8 Å². The van der Waals surface area contributed by atoms with Gasteiger partial charge in [-0.05, 0) is 35.4 Å². The number of hydrogen-bond acceptors (Lipinski definition) is 6. The zero-order chi connectivity index (χ0) is 18.4. The van der Waals surface area contributed by atoms with E-state index in [0.717, 1.165) is 0 Å². The van der Waals surface area contributed by atoms with Gasteiger partial charge in [-0.2, -0.15) is 0 Å². The van der Waals surface area contributed by atoms with Crippen molar-refractivity contribution < 1.29 is 24.3 Å². The largest absolute Gasteiger partial charge is 0.494 e. The van der Waals surface area contributed by atoms with Crippen LogP contribution in [0.5, 0.6) is 5.75 Å². The van der Waals surface area contributed by atoms with Gasteiger partial charge in [0.25, 0.3) is 5.69 Å². The Morgan fingerprint density at radius 2 is 1.96 bits per heavy atom. The summed E-state index contributed by atoms with van der Waals surface area (Å²) < 4.78 is 18.5. The number of halogens is 1. The molecule has 2 aromatic carbocycles. The maximum atomic E-state index is 13.7. The summed E-state index contributed by atoms with van der Waals surface area (Å²) in [6.45, 7) is -0.146. The van der Waals surface area contributed by atoms with E-state index in [4.69, 9.17) is 4.74 Å². The number of hydrogen-bond donors (Lipinski definition) is 3. The molecule has 0 radical (unpaired) electrons. The van der Waals surface area contributed by atoms with E-state index in [1.807, 2.05) is 0 Å². The van der Waals surface area contributed by atoms with Crippen molar-refractivity contribution in [1.29, 1.82) is 0 Å². The summed E-state index contributed by atoms with van der Waals surface area (Å²) in [5.74, 6) is -0.369. The lowest BCUT2D eigenvalue weighted by Crippen LogP contribution is -2.37. The Hall–Kier alpha value is -2.55. The van der Waals surface area contributed by atoms with E-state index in [1.54, 1.807) is 6.07 Å². The van der Waals surface area contributed by atoms with Crippen LogP contribution in [0.2, 0.25) is 0 Å². The minimum atomic E-state index is -1.08. The minimum absolute atomic E-state index is 0.0850. The summed E-state index contributed by atoms with van der Waals surface area (Å²) in [5, 5.41) is 33.4. The van der Waals surface area contributed by atoms with Gasteiger partial charge in [-0.25, -0.2) is 4.39 Å². The first kappa shape index (κ1) is 18.8. The van der Waals surface area contributed by atoms with Gasteiger partial charge in [0.1, 0.15) is 0 Å². The maximum absolute atomic E-state index is 13.7. The Kier molecular flexibility index (Phi) is 6.40. The molecular formula is C17H19FN2O5. The number of methoxy groups -OCH3 is 1. The van der Waals surface area contributed by atoms with Crippen LogP contribution in [0.1, 0.15) is 17.2 Å². The molecule has 0 saturated heterocycles. The van der Waals surface area contributed by atoms with E-state index in [-0.39, 0.29) is 24.6 Å². The van der Waals surface area contributed by atoms with E-state index in [9.17, 15) is 24.7 Å². The monoisotopic (exact) mass is 350 g/mol. The number of nitrogens with one attached hydrogen (secondary N) is 1. The second-order valence-corrected chi connectivity index (χ2v) is 5.43. The molecule has 134 valence electrons. The smallest absolute Gasteiger partial charge is 0.269 e. The lowest BCUT2D eigenvalue weighted by atomic mass is 10.0. The van der Waals surface area contributed by atoms with Gasteiger partial charge in [-0.15, -0.1) is 0 Å². The van der Waals surface area contributed by atoms with E-state index in [2.05, 4.69) is 5.32 Å². The average molecular weight is 350 g/mol. The van der Waals surface area contributed by atoms with Crippen molar-refractivity contribution in [3.63, 3.8) is 0 Å². The van der Waals surface area contributed by atoms with Crippen LogP contribution < -0.4 is 10.1 Å². The Balaban J connectivity index is 2.03. The molecule has 0 amide bonds. The standard InChI is InChI=1S/C17H19FN2O5/c1-25-16-7-2-11(8-14(16)18)9-19-15(10-21)17(22)12-3-5-13(6-4-12)20(23)24/h2-8,15,17,19,21-22H,9-10H2,1H3/t15-,17+/m0/s1. The van der Waals surface area contributed by atoms with Crippen molar-refractivity contribution in [3.8, 4) is 5.75 Å². The van der Waals surface area contributed by atoms with Crippen LogP contribution in [-0.4, -0.2) is 34.9 Å². The normalized spacial score (nSPS) is 13.3. The zero-order valence-electron chi connectivity index (χ0n) is 13.6. The summed E-state index contributed by atoms with van der Waals surface area (Å²) in [7, 11) is 1.37. The van der Waals surface area contributed by atoms with Gasteiger partial charge in [0.15, 0.2) is 11.6 Å². The Labute approximate surface area is 143 Å². The first-order valence-corrected chi connectivity index (χ1v) is 7.55. The predicted molar refractivity (Wildman–Crippen MR) is 88.7 cm³/mol. The zero-order valence-corrected chi connectivity index (χ0v) is 13.6. The molecule has 2 aromatic rings. The highest BCUT2D eigenvalue weighted by molar-refractivity contribution is 5.34. The second kappa shape index (κ2) is 8.52. The van der Waals surface area contributed by atoms with Gasteiger partial charge < -0.3 is 20.3 Å². The van der Waals surface area contributed by atoms with Crippen LogP contribution in [0, 0.1) is 15.9 Å². The summed E-state index contributed by atoms with van der Waals surface area (Å²) in [6.07, 6.45) is -1.08. The molecule has 0 saturated carbocycles. The summed E-state index contributed by atoms with van der Waals surface area (Å²) in [6, 6.07) is 9.18. The fourth-order valence-electron chi connectivity index (χ4n) is 2.37. The first-order valence-electron chi connectivity index (χ1n) is 7.55. The molecule has 2 atom stereocenters. The third kappa shape index (κ3) is 4.72. The van der Waals surface area contributed by atoms with E-state index in [1.165, 1.54) is 43.5 Å². The minimum Gasteiger partial charge on any atom is -0.494 e. The predicted octanol–water partition coefficient (Wildman–Crippen LogP) is 1.93. The van der Waals surface area contributed by atoms with Crippen LogP contribution in [0.25, 0.3) is 0 Å². The highest BCUT2D eigenvalue weighted by Gasteiger charge is 2.20. The van der Waals surface area contributed by atoms with E-state index in [0.29, 0.717) is 11.1 Å². The Morgan fingerprint density at radius 1 is 1.28 bits per heavy atom. The van der Waals surface area contributed by atoms with Crippen molar-refractivity contribution in [2.45, 2.75) is 18.7 Å². The van der Waals surface area contributed by atoms with Crippen LogP contribution in [0.4, 0.5) is 10.1 Å². The maximum Gasteiger partial charge on any atom is 0.269 e. The number of ether oxygens (including phenoxy) is 1. The molecule has 25 heavy (non-hydrogen) atoms. The lowest BCUT2D eigenvalue weighted by molar-refractivity contribution is -0.384. The van der Waals surface area contributed by atoms with Gasteiger partial charge in [-0.3, -0.25) is 10.1 Å². The average Bonchev–Trinajstić information content (AvgIpc) is 2.62. The summed E-state index contributed by atoms with van der Waals surface area (Å²) in [5.41, 5.74) is 0.962. The molecule has 3 N–H and O–H groups in total. The number of nitrogens with zero attached hydrogens (tertiary/aromatic N) is 1. The Bertz CT molecular complexity index is 723. The number of non-ortho nitro benzene ring substituents is 1. The molecule has 2 rings (SSSR count). The number of rotatable bonds is 8. The number of aliphatic hydroxyl groups excluding tert-OH is 2. The molecule has 0 heterocycles. The van der Waals surface area contributed by atoms with Crippen LogP contribution >= 0.6 is 0 Å². The van der Waals surface area contributed by atoms with Crippen molar-refractivity contribution in [3.05, 3.63) is 69.5 Å². The molecule has 0 aliphatic carbocycles. The Morgan fingerprint density at radius 3 is 2.48 bits per heavy atom.